The molecule has 6 rings (SSSR count). The molecule has 0 radical (unpaired) electrons. The summed E-state index contributed by atoms with van der Waals surface area (Å²) >= 11 is 0. The molecule has 2 aliphatic rings. The van der Waals surface area contributed by atoms with Crippen molar-refractivity contribution in [1.82, 2.24) is 5.32 Å². The number of carbonyl (C=O) groups is 1. The van der Waals surface area contributed by atoms with E-state index in [1.807, 2.05) is 66.7 Å². The van der Waals surface area contributed by atoms with E-state index in [4.69, 9.17) is 24.1 Å². The molecular weight excluding hydrogens is 553 g/mol. The van der Waals surface area contributed by atoms with Crippen LogP contribution in [0.1, 0.15) is 26.3 Å². The molecule has 4 aromatic carbocycles. The van der Waals surface area contributed by atoms with Gasteiger partial charge in [-0.05, 0) is 77.2 Å². The van der Waals surface area contributed by atoms with Crippen molar-refractivity contribution in [3.05, 3.63) is 95.8 Å². The molecule has 0 aliphatic carbocycles. The van der Waals surface area contributed by atoms with Crippen molar-refractivity contribution in [2.24, 2.45) is 5.92 Å². The minimum Gasteiger partial charge on any atom is -1.00 e. The summed E-state index contributed by atoms with van der Waals surface area (Å²) in [5.41, 5.74) is 1.99. The van der Waals surface area contributed by atoms with E-state index in [0.717, 1.165) is 58.8 Å². The smallest absolute Gasteiger partial charge is 1.00 e. The maximum atomic E-state index is 13.2. The molecule has 9 heteroatoms. The summed E-state index contributed by atoms with van der Waals surface area (Å²) in [5, 5.41) is 14.2. The van der Waals surface area contributed by atoms with Crippen LogP contribution in [0.3, 0.4) is 0 Å². The fourth-order valence-electron chi connectivity index (χ4n) is 5.10. The Balaban J connectivity index is 0.000000301. The number of piperidine rings is 1. The third kappa shape index (κ3) is 8.26. The van der Waals surface area contributed by atoms with Gasteiger partial charge in [-0.1, -0.05) is 36.4 Å². The minimum absolute atomic E-state index is 0. The summed E-state index contributed by atoms with van der Waals surface area (Å²) in [5.74, 6) is 2.78. The zero-order valence-corrected chi connectivity index (χ0v) is 25.2. The normalized spacial score (nSPS) is 17.1. The van der Waals surface area contributed by atoms with Crippen LogP contribution in [0.2, 0.25) is 0 Å². The first-order valence-electron chi connectivity index (χ1n) is 13.3. The first-order chi connectivity index (χ1) is 19.5. The fourth-order valence-corrected chi connectivity index (χ4v) is 5.10. The van der Waals surface area contributed by atoms with E-state index in [9.17, 15) is 9.18 Å². The second kappa shape index (κ2) is 14.7. The van der Waals surface area contributed by atoms with E-state index >= 15 is 0 Å². The van der Waals surface area contributed by atoms with E-state index in [2.05, 4.69) is 5.32 Å². The Kier molecular flexibility index (Phi) is 11.1. The molecule has 212 valence electrons. The minimum atomic E-state index is -0.812. The van der Waals surface area contributed by atoms with Crippen LogP contribution in [0.5, 0.6) is 23.0 Å². The first kappa shape index (κ1) is 30.9. The van der Waals surface area contributed by atoms with E-state index in [1.54, 1.807) is 7.11 Å². The number of nitrogens with one attached hydrogen (secondary N) is 1. The second-order valence-corrected chi connectivity index (χ2v) is 9.85. The quantitative estimate of drug-likeness (QED) is 0.271. The van der Waals surface area contributed by atoms with Crippen LogP contribution in [0.4, 0.5) is 4.39 Å². The number of carboxylic acid groups (broad SMARTS) is 1. The van der Waals surface area contributed by atoms with E-state index < -0.39 is 5.97 Å². The van der Waals surface area contributed by atoms with Gasteiger partial charge in [-0.15, -0.1) is 0 Å². The average Bonchev–Trinajstić information content (AvgIpc) is 3.45. The Hall–Kier alpha value is -3.04. The summed E-state index contributed by atoms with van der Waals surface area (Å²) in [6.45, 7) is 2.74. The maximum absolute atomic E-state index is 13.2. The molecule has 0 aromatic heterocycles. The monoisotopic (exact) mass is 587 g/mol. The SMILES string of the molecule is COc1ccc2cc(CC(=O)O)ccc2c1.Fc1ccc([C@@H]2CCNC[C@H]2COc2ccc3c(c2)OCO3)cc1.[Ca+2].[H-].[H-]. The number of fused-ring (bicyclic) bond motifs is 2. The van der Waals surface area contributed by atoms with Gasteiger partial charge in [0.15, 0.2) is 11.5 Å². The molecular formula is C32H34CaFNO6. The van der Waals surface area contributed by atoms with Crippen molar-refractivity contribution in [1.29, 1.82) is 0 Å². The van der Waals surface area contributed by atoms with Crippen LogP contribution in [0.15, 0.2) is 78.9 Å². The van der Waals surface area contributed by atoms with Gasteiger partial charge in [-0.2, -0.15) is 0 Å². The summed E-state index contributed by atoms with van der Waals surface area (Å²) in [6.07, 6.45) is 1.09. The van der Waals surface area contributed by atoms with E-state index in [1.165, 1.54) is 17.7 Å². The molecule has 0 spiro atoms. The number of aliphatic carboxylic acids is 1. The van der Waals surface area contributed by atoms with Gasteiger partial charge in [-0.3, -0.25) is 4.79 Å². The van der Waals surface area contributed by atoms with Crippen LogP contribution >= 0.6 is 0 Å². The van der Waals surface area contributed by atoms with Crippen LogP contribution in [0, 0.1) is 11.7 Å². The Morgan fingerprint density at radius 1 is 0.976 bits per heavy atom. The zero-order valence-electron chi connectivity index (χ0n) is 25.0. The van der Waals surface area contributed by atoms with Gasteiger partial charge >= 0.3 is 43.7 Å². The molecule has 0 unspecified atom stereocenters. The molecule has 2 N–H and O–H groups in total. The number of methoxy groups -OCH3 is 1. The van der Waals surface area contributed by atoms with Gasteiger partial charge in [0.2, 0.25) is 6.79 Å². The predicted octanol–water partition coefficient (Wildman–Crippen LogP) is 5.65. The number of ether oxygens (including phenoxy) is 4. The van der Waals surface area contributed by atoms with Gasteiger partial charge in [0.25, 0.3) is 0 Å². The average molecular weight is 588 g/mol. The largest absolute Gasteiger partial charge is 2.00 e. The van der Waals surface area contributed by atoms with Crippen molar-refractivity contribution in [3.8, 4) is 23.0 Å². The maximum Gasteiger partial charge on any atom is 2.00 e. The first-order valence-corrected chi connectivity index (χ1v) is 13.3. The van der Waals surface area contributed by atoms with Crippen molar-refractivity contribution < 1.29 is 36.1 Å². The Morgan fingerprint density at radius 2 is 1.71 bits per heavy atom. The van der Waals surface area contributed by atoms with Gasteiger partial charge in [0.1, 0.15) is 17.3 Å². The Labute approximate surface area is 271 Å². The third-order valence-electron chi connectivity index (χ3n) is 7.18. The molecule has 2 aliphatic heterocycles. The van der Waals surface area contributed by atoms with Gasteiger partial charge < -0.3 is 32.2 Å². The summed E-state index contributed by atoms with van der Waals surface area (Å²) in [7, 11) is 1.62. The van der Waals surface area contributed by atoms with Gasteiger partial charge in [-0.25, -0.2) is 4.39 Å². The molecule has 7 nitrogen and oxygen atoms in total. The molecule has 2 atom stereocenters. The number of benzene rings is 4. The second-order valence-electron chi connectivity index (χ2n) is 9.85. The van der Waals surface area contributed by atoms with Crippen molar-refractivity contribution in [2.75, 3.05) is 33.6 Å². The Morgan fingerprint density at radius 3 is 2.49 bits per heavy atom. The van der Waals surface area contributed by atoms with Gasteiger partial charge in [0.05, 0.1) is 20.1 Å². The van der Waals surface area contributed by atoms with Crippen molar-refractivity contribution in [3.63, 3.8) is 0 Å². The molecule has 0 saturated carbocycles. The number of halogens is 1. The topological polar surface area (TPSA) is 86.3 Å². The van der Waals surface area contributed by atoms with Crippen LogP contribution in [0.25, 0.3) is 10.8 Å². The molecule has 1 saturated heterocycles. The van der Waals surface area contributed by atoms with Crippen LogP contribution < -0.4 is 24.3 Å². The molecule has 4 aromatic rings. The molecule has 2 heterocycles. The molecule has 1 fully saturated rings. The van der Waals surface area contributed by atoms with E-state index in [-0.39, 0.29) is 59.6 Å². The predicted molar refractivity (Wildman–Crippen MR) is 158 cm³/mol. The third-order valence-corrected chi connectivity index (χ3v) is 7.18. The standard InChI is InChI=1S/C19H20FNO3.C13H12O3.Ca.2H/c20-15-3-1-13(2-4-15)17-7-8-21-10-14(17)11-22-16-5-6-18-19(9-16)24-12-23-18;1-16-12-5-4-10-6-9(7-13(14)15)2-3-11(10)8-12;;;/h1-6,9,14,17,21H,7-8,10-12H2;2-6,8H,7H2,1H3,(H,14,15);;;/q;;+2;2*-1/t14-,17-;;;;/m0..../s1. The Bertz CT molecular complexity index is 1480. The van der Waals surface area contributed by atoms with Crippen molar-refractivity contribution in [2.45, 2.75) is 18.8 Å². The summed E-state index contributed by atoms with van der Waals surface area (Å²) in [6, 6.07) is 23.8. The van der Waals surface area contributed by atoms with Crippen molar-refractivity contribution >= 4 is 54.5 Å². The number of hydrogen-bond donors (Lipinski definition) is 2. The fraction of sp³-hybridized carbons (Fsp3) is 0.281. The summed E-state index contributed by atoms with van der Waals surface area (Å²) < 4.78 is 35.0. The number of hydrogen-bond acceptors (Lipinski definition) is 6. The molecule has 41 heavy (non-hydrogen) atoms. The zero-order chi connectivity index (χ0) is 27.9. The number of rotatable bonds is 7. The van der Waals surface area contributed by atoms with Gasteiger partial charge in [0, 0.05) is 18.5 Å². The molecule has 0 amide bonds. The number of carboxylic acids is 1. The summed E-state index contributed by atoms with van der Waals surface area (Å²) in [4.78, 5) is 10.6. The van der Waals surface area contributed by atoms with Crippen LogP contribution in [-0.4, -0.2) is 82.4 Å². The van der Waals surface area contributed by atoms with E-state index in [0.29, 0.717) is 18.4 Å². The molecule has 0 bridgehead atoms. The van der Waals surface area contributed by atoms with Crippen LogP contribution in [-0.2, 0) is 11.2 Å².